The van der Waals surface area contributed by atoms with Crippen molar-refractivity contribution in [2.24, 2.45) is 4.99 Å². The normalized spacial score (nSPS) is 14.4. The summed E-state index contributed by atoms with van der Waals surface area (Å²) in [5.74, 6) is 1.08. The average Bonchev–Trinajstić information content (AvgIpc) is 3.14. The lowest BCUT2D eigenvalue weighted by Gasteiger charge is -2.14. The molecule has 0 spiro atoms. The van der Waals surface area contributed by atoms with Crippen molar-refractivity contribution < 1.29 is 19.0 Å². The number of nitrogens with zero attached hydrogens (tertiary/aromatic N) is 1. The van der Waals surface area contributed by atoms with Crippen LogP contribution < -0.4 is 9.47 Å². The van der Waals surface area contributed by atoms with Gasteiger partial charge in [-0.15, -0.1) is 0 Å². The summed E-state index contributed by atoms with van der Waals surface area (Å²) in [6.45, 7) is 2.50. The molecule has 3 aromatic carbocycles. The summed E-state index contributed by atoms with van der Waals surface area (Å²) in [4.78, 5) is 16.7. The highest BCUT2D eigenvalue weighted by molar-refractivity contribution is 14.1. The van der Waals surface area contributed by atoms with Crippen molar-refractivity contribution in [3.05, 3.63) is 98.3 Å². The highest BCUT2D eigenvalue weighted by atomic mass is 127. The molecule has 0 amide bonds. The second-order valence-corrected chi connectivity index (χ2v) is 8.11. The number of carbonyl (C=O) groups is 1. The SMILES string of the molecule is COc1cc(/C=C2\N=C(c3ccccc3)OC2=O)cc(I)c1OCc1ccccc1C. The first-order chi connectivity index (χ1) is 15.0. The molecule has 156 valence electrons. The summed E-state index contributed by atoms with van der Waals surface area (Å²) in [6.07, 6.45) is 1.69. The number of carbonyl (C=O) groups excluding carboxylic acids is 1. The lowest BCUT2D eigenvalue weighted by atomic mass is 10.1. The Bertz CT molecular complexity index is 1190. The van der Waals surface area contributed by atoms with Crippen LogP contribution in [0.1, 0.15) is 22.3 Å². The quantitative estimate of drug-likeness (QED) is 0.241. The van der Waals surface area contributed by atoms with Crippen molar-refractivity contribution in [3.63, 3.8) is 0 Å². The molecule has 5 nitrogen and oxygen atoms in total. The van der Waals surface area contributed by atoms with Crippen LogP contribution in [0.2, 0.25) is 0 Å². The van der Waals surface area contributed by atoms with Crippen LogP contribution >= 0.6 is 22.6 Å². The predicted molar refractivity (Wildman–Crippen MR) is 128 cm³/mol. The lowest BCUT2D eigenvalue weighted by molar-refractivity contribution is -0.129. The minimum absolute atomic E-state index is 0.241. The minimum Gasteiger partial charge on any atom is -0.493 e. The van der Waals surface area contributed by atoms with E-state index >= 15 is 0 Å². The number of esters is 1. The maximum absolute atomic E-state index is 12.3. The third-order valence-electron chi connectivity index (χ3n) is 4.83. The van der Waals surface area contributed by atoms with E-state index in [1.807, 2.05) is 60.7 Å². The topological polar surface area (TPSA) is 57.1 Å². The molecular formula is C25H20INO4. The van der Waals surface area contributed by atoms with Crippen molar-refractivity contribution in [2.45, 2.75) is 13.5 Å². The maximum Gasteiger partial charge on any atom is 0.363 e. The van der Waals surface area contributed by atoms with Crippen molar-refractivity contribution in [1.29, 1.82) is 0 Å². The number of benzene rings is 3. The number of methoxy groups -OCH3 is 1. The van der Waals surface area contributed by atoms with Gasteiger partial charge in [0, 0.05) is 5.56 Å². The molecule has 4 rings (SSSR count). The molecule has 0 bridgehead atoms. The summed E-state index contributed by atoms with van der Waals surface area (Å²) in [7, 11) is 1.60. The van der Waals surface area contributed by atoms with Crippen molar-refractivity contribution in [1.82, 2.24) is 0 Å². The second-order valence-electron chi connectivity index (χ2n) is 6.95. The van der Waals surface area contributed by atoms with E-state index < -0.39 is 5.97 Å². The standard InChI is InChI=1S/C25H20INO4/c1-16-8-6-7-11-19(16)15-30-23-20(26)12-17(14-22(23)29-2)13-21-25(28)31-24(27-21)18-9-4-3-5-10-18/h3-14H,15H2,1-2H3/b21-13-. The Hall–Kier alpha value is -3.13. The Labute approximate surface area is 194 Å². The van der Waals surface area contributed by atoms with E-state index in [2.05, 4.69) is 40.6 Å². The number of aryl methyl sites for hydroxylation is 1. The zero-order valence-corrected chi connectivity index (χ0v) is 19.3. The molecule has 0 saturated heterocycles. The summed E-state index contributed by atoms with van der Waals surface area (Å²) in [5.41, 5.74) is 4.05. The summed E-state index contributed by atoms with van der Waals surface area (Å²) >= 11 is 2.21. The second kappa shape index (κ2) is 9.34. The fourth-order valence-corrected chi connectivity index (χ4v) is 3.94. The number of hydrogen-bond donors (Lipinski definition) is 0. The van der Waals surface area contributed by atoms with Gasteiger partial charge in [0.05, 0.1) is 10.7 Å². The molecule has 1 aliphatic rings. The van der Waals surface area contributed by atoms with Gasteiger partial charge >= 0.3 is 5.97 Å². The third-order valence-corrected chi connectivity index (χ3v) is 5.63. The van der Waals surface area contributed by atoms with Gasteiger partial charge in [0.1, 0.15) is 6.61 Å². The van der Waals surface area contributed by atoms with E-state index in [0.717, 1.165) is 20.3 Å². The smallest absolute Gasteiger partial charge is 0.363 e. The van der Waals surface area contributed by atoms with Crippen LogP contribution in [0.25, 0.3) is 6.08 Å². The van der Waals surface area contributed by atoms with Crippen LogP contribution in [0.4, 0.5) is 0 Å². The van der Waals surface area contributed by atoms with E-state index in [1.165, 1.54) is 5.56 Å². The Morgan fingerprint density at radius 1 is 1.06 bits per heavy atom. The summed E-state index contributed by atoms with van der Waals surface area (Å²) in [5, 5.41) is 0. The van der Waals surface area contributed by atoms with Crippen LogP contribution in [0.3, 0.4) is 0 Å². The summed E-state index contributed by atoms with van der Waals surface area (Å²) < 4.78 is 17.8. The van der Waals surface area contributed by atoms with Gasteiger partial charge in [-0.3, -0.25) is 0 Å². The van der Waals surface area contributed by atoms with Crippen molar-refractivity contribution >= 4 is 40.5 Å². The molecule has 1 heterocycles. The third kappa shape index (κ3) is 4.80. The molecule has 0 fully saturated rings. The Kier molecular flexibility index (Phi) is 6.36. The maximum atomic E-state index is 12.3. The predicted octanol–water partition coefficient (Wildman–Crippen LogP) is 5.53. The number of aliphatic imine (C=N–C) groups is 1. The molecule has 0 radical (unpaired) electrons. The van der Waals surface area contributed by atoms with E-state index in [0.29, 0.717) is 24.0 Å². The number of ether oxygens (including phenoxy) is 3. The van der Waals surface area contributed by atoms with Gasteiger partial charge in [0.15, 0.2) is 17.2 Å². The van der Waals surface area contributed by atoms with Gasteiger partial charge < -0.3 is 14.2 Å². The summed E-state index contributed by atoms with van der Waals surface area (Å²) in [6, 6.07) is 21.2. The molecule has 0 aromatic heterocycles. The van der Waals surface area contributed by atoms with Crippen LogP contribution in [0.5, 0.6) is 11.5 Å². The highest BCUT2D eigenvalue weighted by Gasteiger charge is 2.24. The number of halogens is 1. The minimum atomic E-state index is -0.479. The van der Waals surface area contributed by atoms with Gasteiger partial charge in [-0.25, -0.2) is 9.79 Å². The number of cyclic esters (lactones) is 1. The monoisotopic (exact) mass is 525 g/mol. The fourth-order valence-electron chi connectivity index (χ4n) is 3.16. The largest absolute Gasteiger partial charge is 0.493 e. The molecular weight excluding hydrogens is 505 g/mol. The number of rotatable bonds is 6. The van der Waals surface area contributed by atoms with E-state index in [1.54, 1.807) is 13.2 Å². The van der Waals surface area contributed by atoms with Crippen LogP contribution in [0.15, 0.2) is 77.4 Å². The molecule has 0 N–H and O–H groups in total. The average molecular weight is 525 g/mol. The molecule has 31 heavy (non-hydrogen) atoms. The van der Waals surface area contributed by atoms with E-state index in [9.17, 15) is 4.79 Å². The van der Waals surface area contributed by atoms with Crippen molar-refractivity contribution in [2.75, 3.05) is 7.11 Å². The van der Waals surface area contributed by atoms with Gasteiger partial charge in [-0.1, -0.05) is 42.5 Å². The van der Waals surface area contributed by atoms with Crippen LogP contribution in [-0.2, 0) is 16.1 Å². The van der Waals surface area contributed by atoms with Crippen molar-refractivity contribution in [3.8, 4) is 11.5 Å². The first kappa shape index (κ1) is 21.1. The Balaban J connectivity index is 1.60. The molecule has 3 aromatic rings. The zero-order valence-electron chi connectivity index (χ0n) is 17.1. The van der Waals surface area contributed by atoms with E-state index in [4.69, 9.17) is 14.2 Å². The van der Waals surface area contributed by atoms with Gasteiger partial charge in [0.25, 0.3) is 0 Å². The molecule has 0 atom stereocenters. The Morgan fingerprint density at radius 3 is 2.55 bits per heavy atom. The lowest BCUT2D eigenvalue weighted by Crippen LogP contribution is -2.05. The van der Waals surface area contributed by atoms with Gasteiger partial charge in [0.2, 0.25) is 5.90 Å². The van der Waals surface area contributed by atoms with E-state index in [-0.39, 0.29) is 5.70 Å². The zero-order chi connectivity index (χ0) is 21.8. The van der Waals surface area contributed by atoms with Gasteiger partial charge in [-0.05, 0) is 76.5 Å². The molecule has 0 saturated carbocycles. The Morgan fingerprint density at radius 2 is 1.81 bits per heavy atom. The van der Waals surface area contributed by atoms with Crippen LogP contribution in [0, 0.1) is 10.5 Å². The highest BCUT2D eigenvalue weighted by Crippen LogP contribution is 2.35. The first-order valence-corrected chi connectivity index (χ1v) is 10.8. The van der Waals surface area contributed by atoms with Gasteiger partial charge in [-0.2, -0.15) is 0 Å². The van der Waals surface area contributed by atoms with Crippen LogP contribution in [-0.4, -0.2) is 19.0 Å². The molecule has 0 unspecified atom stereocenters. The first-order valence-electron chi connectivity index (χ1n) is 9.68. The molecule has 1 aliphatic heterocycles. The number of hydrogen-bond acceptors (Lipinski definition) is 5. The fraction of sp³-hybridized carbons (Fsp3) is 0.120. The molecule has 6 heteroatoms. The molecule has 0 aliphatic carbocycles.